The Balaban J connectivity index is 2.14. The van der Waals surface area contributed by atoms with Crippen molar-refractivity contribution < 1.29 is 14.3 Å². The van der Waals surface area contributed by atoms with Gasteiger partial charge in [0.1, 0.15) is 11.6 Å². The van der Waals surface area contributed by atoms with Gasteiger partial charge in [0, 0.05) is 12.6 Å². The van der Waals surface area contributed by atoms with E-state index in [0.29, 0.717) is 30.1 Å². The van der Waals surface area contributed by atoms with Crippen LogP contribution in [0, 0.1) is 6.92 Å². The fraction of sp³-hybridized carbons (Fsp3) is 0.312. The quantitative estimate of drug-likeness (QED) is 0.790. The summed E-state index contributed by atoms with van der Waals surface area (Å²) >= 11 is 0. The van der Waals surface area contributed by atoms with Gasteiger partial charge in [0.15, 0.2) is 0 Å². The first-order valence-electron chi connectivity index (χ1n) is 6.76. The van der Waals surface area contributed by atoms with Crippen LogP contribution in [0.5, 0.6) is 5.75 Å². The molecule has 1 aromatic heterocycles. The zero-order valence-electron chi connectivity index (χ0n) is 12.4. The van der Waals surface area contributed by atoms with Crippen molar-refractivity contribution in [2.24, 2.45) is 0 Å². The number of nitrogens with zero attached hydrogens (tertiary/aromatic N) is 2. The van der Waals surface area contributed by atoms with Crippen LogP contribution in [0.15, 0.2) is 30.5 Å². The number of methoxy groups -OCH3 is 1. The maximum atomic E-state index is 11.7. The van der Waals surface area contributed by atoms with Crippen LogP contribution in [0.25, 0.3) is 0 Å². The summed E-state index contributed by atoms with van der Waals surface area (Å²) in [7, 11) is 1.63. The molecule has 0 bridgehead atoms. The molecule has 0 radical (unpaired) electrons. The summed E-state index contributed by atoms with van der Waals surface area (Å²) < 4.78 is 10.1. The minimum Gasteiger partial charge on any atom is -0.497 e. The lowest BCUT2D eigenvalue weighted by atomic mass is 10.1. The summed E-state index contributed by atoms with van der Waals surface area (Å²) in [6.07, 6.45) is 2.13. The number of hydrogen-bond acceptors (Lipinski definition) is 5. The molecular formula is C16H18N2O3. The Labute approximate surface area is 124 Å². The Bertz CT molecular complexity index is 624. The number of ether oxygens (including phenoxy) is 2. The molecule has 0 spiro atoms. The maximum absolute atomic E-state index is 11.7. The second kappa shape index (κ2) is 6.83. The van der Waals surface area contributed by atoms with Crippen LogP contribution in [0.3, 0.4) is 0 Å². The van der Waals surface area contributed by atoms with Crippen LogP contribution >= 0.6 is 0 Å². The van der Waals surface area contributed by atoms with Gasteiger partial charge in [0.2, 0.25) is 0 Å². The Hall–Kier alpha value is -2.43. The van der Waals surface area contributed by atoms with Gasteiger partial charge in [0.05, 0.1) is 25.0 Å². The third-order valence-corrected chi connectivity index (χ3v) is 3.05. The van der Waals surface area contributed by atoms with Gasteiger partial charge in [-0.05, 0) is 31.5 Å². The van der Waals surface area contributed by atoms with Crippen molar-refractivity contribution in [3.63, 3.8) is 0 Å². The molecule has 0 aliphatic heterocycles. The molecule has 5 nitrogen and oxygen atoms in total. The normalized spacial score (nSPS) is 10.2. The summed E-state index contributed by atoms with van der Waals surface area (Å²) in [4.78, 5) is 20.3. The van der Waals surface area contributed by atoms with Gasteiger partial charge in [0.25, 0.3) is 0 Å². The van der Waals surface area contributed by atoms with Crippen molar-refractivity contribution in [3.05, 3.63) is 53.1 Å². The van der Waals surface area contributed by atoms with Crippen molar-refractivity contribution in [2.45, 2.75) is 20.3 Å². The summed E-state index contributed by atoms with van der Waals surface area (Å²) in [5.41, 5.74) is 2.13. The van der Waals surface area contributed by atoms with Gasteiger partial charge < -0.3 is 9.47 Å². The molecule has 0 amide bonds. The number of carbonyl (C=O) groups is 1. The fourth-order valence-corrected chi connectivity index (χ4v) is 1.94. The van der Waals surface area contributed by atoms with Crippen LogP contribution in [0.4, 0.5) is 0 Å². The highest BCUT2D eigenvalue weighted by Gasteiger charge is 2.12. The molecule has 1 aromatic carbocycles. The van der Waals surface area contributed by atoms with Crippen LogP contribution in [0.1, 0.15) is 34.4 Å². The number of aryl methyl sites for hydroxylation is 1. The molecule has 2 aromatic rings. The summed E-state index contributed by atoms with van der Waals surface area (Å²) in [5.74, 6) is 1.10. The van der Waals surface area contributed by atoms with Crippen molar-refractivity contribution in [1.82, 2.24) is 9.97 Å². The molecule has 1 heterocycles. The van der Waals surface area contributed by atoms with E-state index in [1.807, 2.05) is 24.3 Å². The highest BCUT2D eigenvalue weighted by molar-refractivity contribution is 5.90. The minimum absolute atomic E-state index is 0.339. The first-order valence-corrected chi connectivity index (χ1v) is 6.76. The molecule has 0 aliphatic carbocycles. The molecule has 0 unspecified atom stereocenters. The number of hydrogen-bond donors (Lipinski definition) is 0. The molecule has 21 heavy (non-hydrogen) atoms. The highest BCUT2D eigenvalue weighted by atomic mass is 16.5. The third-order valence-electron chi connectivity index (χ3n) is 3.05. The highest BCUT2D eigenvalue weighted by Crippen LogP contribution is 2.14. The first kappa shape index (κ1) is 15.0. The monoisotopic (exact) mass is 286 g/mol. The second-order valence-corrected chi connectivity index (χ2v) is 4.53. The lowest BCUT2D eigenvalue weighted by Crippen LogP contribution is -2.10. The molecule has 0 atom stereocenters. The summed E-state index contributed by atoms with van der Waals surface area (Å²) in [5, 5.41) is 0. The molecule has 2 rings (SSSR count). The van der Waals surface area contributed by atoms with E-state index in [4.69, 9.17) is 9.47 Å². The standard InChI is InChI=1S/C16H18N2O3/c1-4-21-16(19)14-10-17-15(18-11(14)2)9-12-5-7-13(20-3)8-6-12/h5-8,10H,4,9H2,1-3H3. The van der Waals surface area contributed by atoms with E-state index >= 15 is 0 Å². The molecule has 0 N–H and O–H groups in total. The molecule has 110 valence electrons. The van der Waals surface area contributed by atoms with E-state index in [1.54, 1.807) is 21.0 Å². The van der Waals surface area contributed by atoms with Crippen LogP contribution < -0.4 is 4.74 Å². The van der Waals surface area contributed by atoms with Gasteiger partial charge in [-0.2, -0.15) is 0 Å². The number of esters is 1. The van der Waals surface area contributed by atoms with E-state index in [0.717, 1.165) is 11.3 Å². The predicted molar refractivity (Wildman–Crippen MR) is 78.5 cm³/mol. The van der Waals surface area contributed by atoms with Crippen molar-refractivity contribution in [2.75, 3.05) is 13.7 Å². The SMILES string of the molecule is CCOC(=O)c1cnc(Cc2ccc(OC)cc2)nc1C. The Morgan fingerprint density at radius 3 is 2.52 bits per heavy atom. The second-order valence-electron chi connectivity index (χ2n) is 4.53. The first-order chi connectivity index (χ1) is 10.1. The van der Waals surface area contributed by atoms with Gasteiger partial charge in [-0.3, -0.25) is 0 Å². The number of benzene rings is 1. The third kappa shape index (κ3) is 3.78. The predicted octanol–water partition coefficient (Wildman–Crippen LogP) is 2.56. The molecule has 0 aliphatic rings. The molecular weight excluding hydrogens is 268 g/mol. The Morgan fingerprint density at radius 2 is 1.95 bits per heavy atom. The molecule has 0 saturated carbocycles. The zero-order valence-corrected chi connectivity index (χ0v) is 12.4. The topological polar surface area (TPSA) is 61.3 Å². The maximum Gasteiger partial charge on any atom is 0.341 e. The molecule has 5 heteroatoms. The van der Waals surface area contributed by atoms with E-state index in [1.165, 1.54) is 6.20 Å². The van der Waals surface area contributed by atoms with Crippen LogP contribution in [-0.4, -0.2) is 29.7 Å². The molecule has 0 fully saturated rings. The lowest BCUT2D eigenvalue weighted by Gasteiger charge is -2.07. The smallest absolute Gasteiger partial charge is 0.341 e. The number of carbonyl (C=O) groups excluding carboxylic acids is 1. The van der Waals surface area contributed by atoms with Crippen LogP contribution in [0.2, 0.25) is 0 Å². The zero-order chi connectivity index (χ0) is 15.2. The minimum atomic E-state index is -0.383. The average Bonchev–Trinajstić information content (AvgIpc) is 2.48. The van der Waals surface area contributed by atoms with E-state index in [9.17, 15) is 4.79 Å². The Kier molecular flexibility index (Phi) is 4.87. The van der Waals surface area contributed by atoms with Gasteiger partial charge in [-0.15, -0.1) is 0 Å². The Morgan fingerprint density at radius 1 is 1.24 bits per heavy atom. The molecule has 0 saturated heterocycles. The van der Waals surface area contributed by atoms with Crippen LogP contribution in [-0.2, 0) is 11.2 Å². The van der Waals surface area contributed by atoms with E-state index < -0.39 is 0 Å². The van der Waals surface area contributed by atoms with Crippen molar-refractivity contribution in [3.8, 4) is 5.75 Å². The summed E-state index contributed by atoms with van der Waals surface area (Å²) in [6, 6.07) is 7.73. The van der Waals surface area contributed by atoms with Gasteiger partial charge in [-0.25, -0.2) is 14.8 Å². The van der Waals surface area contributed by atoms with E-state index in [2.05, 4.69) is 9.97 Å². The number of rotatable bonds is 5. The number of aromatic nitrogens is 2. The van der Waals surface area contributed by atoms with Crippen molar-refractivity contribution in [1.29, 1.82) is 0 Å². The summed E-state index contributed by atoms with van der Waals surface area (Å²) in [6.45, 7) is 3.89. The van der Waals surface area contributed by atoms with Crippen molar-refractivity contribution >= 4 is 5.97 Å². The largest absolute Gasteiger partial charge is 0.497 e. The van der Waals surface area contributed by atoms with E-state index in [-0.39, 0.29) is 5.97 Å². The average molecular weight is 286 g/mol. The van der Waals surface area contributed by atoms with Gasteiger partial charge >= 0.3 is 5.97 Å². The fourth-order valence-electron chi connectivity index (χ4n) is 1.94. The lowest BCUT2D eigenvalue weighted by molar-refractivity contribution is 0.0524. The van der Waals surface area contributed by atoms with Gasteiger partial charge in [-0.1, -0.05) is 12.1 Å².